The van der Waals surface area contributed by atoms with Gasteiger partial charge in [0.05, 0.1) is 10.6 Å². The molecule has 2 heterocycles. The molecule has 0 aliphatic carbocycles. The van der Waals surface area contributed by atoms with Crippen molar-refractivity contribution in [2.24, 2.45) is 0 Å². The van der Waals surface area contributed by atoms with Crippen molar-refractivity contribution in [3.8, 4) is 6.07 Å². The molecule has 3 rings (SSSR count). The lowest BCUT2D eigenvalue weighted by Crippen LogP contribution is -2.48. The van der Waals surface area contributed by atoms with Crippen molar-refractivity contribution < 1.29 is 8.42 Å². The van der Waals surface area contributed by atoms with Gasteiger partial charge in [-0.15, -0.1) is 0 Å². The van der Waals surface area contributed by atoms with Crippen molar-refractivity contribution in [3.63, 3.8) is 0 Å². The van der Waals surface area contributed by atoms with Gasteiger partial charge in [-0.2, -0.15) is 5.26 Å². The van der Waals surface area contributed by atoms with Crippen LogP contribution in [-0.4, -0.2) is 56.8 Å². The molecule has 0 spiro atoms. The normalized spacial score (nSPS) is 15.5. The highest BCUT2D eigenvalue weighted by Crippen LogP contribution is 2.18. The van der Waals surface area contributed by atoms with Crippen LogP contribution in [0.5, 0.6) is 0 Å². The summed E-state index contributed by atoms with van der Waals surface area (Å²) in [6, 6.07) is 12.7. The van der Waals surface area contributed by atoms with Crippen molar-refractivity contribution >= 4 is 31.6 Å². The highest BCUT2D eigenvalue weighted by atomic mass is 79.9. The van der Waals surface area contributed by atoms with Gasteiger partial charge in [-0.1, -0.05) is 22.0 Å². The fraction of sp³-hybridized carbons (Fsp3) is 0.368. The zero-order valence-corrected chi connectivity index (χ0v) is 17.5. The topological polar surface area (TPSA) is 77.3 Å². The van der Waals surface area contributed by atoms with Crippen LogP contribution < -0.4 is 4.90 Å². The molecular formula is C19H21BrN4O2S. The van der Waals surface area contributed by atoms with E-state index in [4.69, 9.17) is 5.26 Å². The lowest BCUT2D eigenvalue weighted by atomic mass is 10.2. The van der Waals surface area contributed by atoms with Crippen LogP contribution in [0, 0.1) is 18.3 Å². The first-order valence-electron chi connectivity index (χ1n) is 8.72. The molecule has 0 saturated carbocycles. The lowest BCUT2D eigenvalue weighted by molar-refractivity contribution is 0.271. The standard InChI is InChI=1S/C19H21BrN4O2S/c1-15-2-7-19(22-18(15)14-21)24-10-8-23(9-11-24)12-13-27(25,26)17-5-3-16(20)4-6-17/h2-7H,8-13H2,1H3. The molecule has 6 nitrogen and oxygen atoms in total. The zero-order chi connectivity index (χ0) is 19.4. The summed E-state index contributed by atoms with van der Waals surface area (Å²) in [6.07, 6.45) is 0. The Morgan fingerprint density at radius 3 is 2.41 bits per heavy atom. The Morgan fingerprint density at radius 1 is 1.11 bits per heavy atom. The number of sulfone groups is 1. The Labute approximate surface area is 168 Å². The number of benzene rings is 1. The van der Waals surface area contributed by atoms with E-state index in [-0.39, 0.29) is 5.75 Å². The van der Waals surface area contributed by atoms with E-state index in [1.54, 1.807) is 24.3 Å². The zero-order valence-electron chi connectivity index (χ0n) is 15.1. The number of aromatic nitrogens is 1. The Hall–Kier alpha value is -1.95. The summed E-state index contributed by atoms with van der Waals surface area (Å²) in [5.74, 6) is 0.912. The van der Waals surface area contributed by atoms with E-state index in [0.29, 0.717) is 17.1 Å². The summed E-state index contributed by atoms with van der Waals surface area (Å²) < 4.78 is 25.8. The van der Waals surface area contributed by atoms with E-state index in [1.807, 2.05) is 19.1 Å². The largest absolute Gasteiger partial charge is 0.354 e. The van der Waals surface area contributed by atoms with E-state index in [9.17, 15) is 8.42 Å². The van der Waals surface area contributed by atoms with Crippen LogP contribution in [0.3, 0.4) is 0 Å². The molecule has 142 valence electrons. The van der Waals surface area contributed by atoms with Gasteiger partial charge < -0.3 is 4.90 Å². The Balaban J connectivity index is 1.55. The monoisotopic (exact) mass is 448 g/mol. The highest BCUT2D eigenvalue weighted by Gasteiger charge is 2.21. The fourth-order valence-electron chi connectivity index (χ4n) is 3.02. The van der Waals surface area contributed by atoms with Gasteiger partial charge in [0.25, 0.3) is 0 Å². The molecule has 8 heteroatoms. The summed E-state index contributed by atoms with van der Waals surface area (Å²) in [7, 11) is -3.28. The quantitative estimate of drug-likeness (QED) is 0.699. The maximum absolute atomic E-state index is 12.5. The molecule has 0 amide bonds. The van der Waals surface area contributed by atoms with E-state index in [0.717, 1.165) is 42.0 Å². The molecule has 1 saturated heterocycles. The van der Waals surface area contributed by atoms with Gasteiger partial charge in [0.1, 0.15) is 17.6 Å². The predicted octanol–water partition coefficient (Wildman–Crippen LogP) is 2.62. The number of anilines is 1. The average molecular weight is 449 g/mol. The molecule has 0 N–H and O–H groups in total. The summed E-state index contributed by atoms with van der Waals surface area (Å²) in [5.41, 5.74) is 1.33. The highest BCUT2D eigenvalue weighted by molar-refractivity contribution is 9.10. The molecule has 0 radical (unpaired) electrons. The SMILES string of the molecule is Cc1ccc(N2CCN(CCS(=O)(=O)c3ccc(Br)cc3)CC2)nc1C#N. The van der Waals surface area contributed by atoms with E-state index < -0.39 is 9.84 Å². The lowest BCUT2D eigenvalue weighted by Gasteiger charge is -2.35. The van der Waals surface area contributed by atoms with E-state index >= 15 is 0 Å². The van der Waals surface area contributed by atoms with Crippen LogP contribution in [0.15, 0.2) is 45.8 Å². The molecule has 1 aliphatic rings. The molecule has 0 bridgehead atoms. The Morgan fingerprint density at radius 2 is 1.78 bits per heavy atom. The third kappa shape index (κ3) is 4.86. The third-order valence-electron chi connectivity index (χ3n) is 4.73. The smallest absolute Gasteiger partial charge is 0.179 e. The van der Waals surface area contributed by atoms with Gasteiger partial charge >= 0.3 is 0 Å². The van der Waals surface area contributed by atoms with Crippen LogP contribution in [0.2, 0.25) is 0 Å². The number of hydrogen-bond donors (Lipinski definition) is 0. The summed E-state index contributed by atoms with van der Waals surface area (Å²) in [4.78, 5) is 9.07. The van der Waals surface area contributed by atoms with Crippen molar-refractivity contribution in [3.05, 3.63) is 52.1 Å². The average Bonchev–Trinajstić information content (AvgIpc) is 2.68. The second-order valence-electron chi connectivity index (χ2n) is 6.55. The van der Waals surface area contributed by atoms with Crippen LogP contribution in [-0.2, 0) is 9.84 Å². The van der Waals surface area contributed by atoms with Gasteiger partial charge in [-0.05, 0) is 42.8 Å². The number of pyridine rings is 1. The summed E-state index contributed by atoms with van der Waals surface area (Å²) in [6.45, 7) is 5.45. The van der Waals surface area contributed by atoms with Crippen LogP contribution >= 0.6 is 15.9 Å². The second kappa shape index (κ2) is 8.38. The first kappa shape index (κ1) is 19.8. The molecule has 27 heavy (non-hydrogen) atoms. The van der Waals surface area contributed by atoms with E-state index in [1.165, 1.54) is 0 Å². The minimum atomic E-state index is -3.28. The number of nitriles is 1. The van der Waals surface area contributed by atoms with Gasteiger partial charge in [0.15, 0.2) is 9.84 Å². The van der Waals surface area contributed by atoms with Crippen molar-refractivity contribution in [2.75, 3.05) is 43.4 Å². The summed E-state index contributed by atoms with van der Waals surface area (Å²) in [5, 5.41) is 9.14. The molecule has 2 aromatic rings. The summed E-state index contributed by atoms with van der Waals surface area (Å²) >= 11 is 3.32. The molecule has 1 aromatic carbocycles. The van der Waals surface area contributed by atoms with E-state index in [2.05, 4.69) is 36.8 Å². The first-order valence-corrected chi connectivity index (χ1v) is 11.2. The number of piperazine rings is 1. The molecule has 1 fully saturated rings. The van der Waals surface area contributed by atoms with Crippen molar-refractivity contribution in [1.29, 1.82) is 5.26 Å². The predicted molar refractivity (Wildman–Crippen MR) is 109 cm³/mol. The first-order chi connectivity index (χ1) is 12.9. The minimum absolute atomic E-state index is 0.107. The van der Waals surface area contributed by atoms with Gasteiger partial charge in [0, 0.05) is 37.2 Å². The maximum atomic E-state index is 12.5. The molecular weight excluding hydrogens is 428 g/mol. The van der Waals surface area contributed by atoms with Gasteiger partial charge in [-0.3, -0.25) is 4.90 Å². The van der Waals surface area contributed by atoms with Crippen molar-refractivity contribution in [1.82, 2.24) is 9.88 Å². The minimum Gasteiger partial charge on any atom is -0.354 e. The number of nitrogens with zero attached hydrogens (tertiary/aromatic N) is 4. The number of rotatable bonds is 5. The Kier molecular flexibility index (Phi) is 6.15. The van der Waals surface area contributed by atoms with Gasteiger partial charge in [-0.25, -0.2) is 13.4 Å². The molecule has 0 atom stereocenters. The molecule has 1 aliphatic heterocycles. The fourth-order valence-corrected chi connectivity index (χ4v) is 4.57. The maximum Gasteiger partial charge on any atom is 0.179 e. The Bertz CT molecular complexity index is 947. The number of hydrogen-bond acceptors (Lipinski definition) is 6. The van der Waals surface area contributed by atoms with Crippen molar-refractivity contribution in [2.45, 2.75) is 11.8 Å². The van der Waals surface area contributed by atoms with Crippen LogP contribution in [0.25, 0.3) is 0 Å². The second-order valence-corrected chi connectivity index (χ2v) is 9.57. The van der Waals surface area contributed by atoms with Crippen LogP contribution in [0.1, 0.15) is 11.3 Å². The third-order valence-corrected chi connectivity index (χ3v) is 6.97. The molecule has 1 aromatic heterocycles. The number of halogens is 1. The number of aryl methyl sites for hydroxylation is 1. The van der Waals surface area contributed by atoms with Gasteiger partial charge in [0.2, 0.25) is 0 Å². The van der Waals surface area contributed by atoms with Crippen LogP contribution in [0.4, 0.5) is 5.82 Å². The molecule has 0 unspecified atom stereocenters.